The molecule has 0 spiro atoms. The van der Waals surface area contributed by atoms with Crippen molar-refractivity contribution in [2.75, 3.05) is 66.1 Å². The van der Waals surface area contributed by atoms with Crippen LogP contribution in [0, 0.1) is 0 Å². The number of hydrogen-bond donors (Lipinski definition) is 34. The molecule has 58 nitrogen and oxygen atoms in total. The van der Waals surface area contributed by atoms with Gasteiger partial charge in [0.05, 0.1) is 78.2 Å². The Bertz CT molecular complexity index is 3550. The highest BCUT2D eigenvalue weighted by atomic mass is 16.8. The molecule has 129 heavy (non-hydrogen) atoms. The number of hydrogen-bond acceptors (Lipinski definition) is 53. The SMILES string of the molecule is CC(=O)N[C@@H]1[C@@H](O)[C@H](O[C@@H]2O[C@H](CO)[C@@H](O[C@@H]3O[C@H](CO[C@H]4O[C@H](CO[C@H]5O[C@H](CO)[C@@H](O)[C@H](O)[C@@H]5O)[C@@H](O)[C@H](O[C@H]5O[C@H](CO)[C@@H](O)[C@H](O)[C@@H]5O)[C@@H]4O)[C@@H](O)[C@H](O[C@H]4O[C@H](CO)[C@@H](O)[C@H](O)[C@@H]4O[C@@H]4O[C@H](CO)[C@@H](O[C@@H]5O[C@H](CO)[C@H](O)[C@H](O[C@]6(C(=O)O)C[C@H](O)[C@@H](NC(C)=O)[C@H]([C@H](O)[C@H](O)CO)O6)[C@H]5O)[C@H](O)[C@H]4NC(C)=O)[C@@H]3O)[C@H](O)[C@H]2NC(C)=O)[C@@H](CO)O[C@H]1O. The number of carboxylic acid groups (broad SMARTS) is 1. The van der Waals surface area contributed by atoms with E-state index >= 15 is 0 Å². The number of aliphatic carboxylic acids is 1. The largest absolute Gasteiger partial charge is 0.477 e. The maximum absolute atomic E-state index is 13.3. The molecule has 0 bridgehead atoms. The molecule has 0 radical (unpaired) electrons. The molecule has 10 heterocycles. The summed E-state index contributed by atoms with van der Waals surface area (Å²) >= 11 is 0. The topological polar surface area (TPSA) is 916 Å². The molecule has 0 aromatic heterocycles. The van der Waals surface area contributed by atoms with Crippen LogP contribution in [0.2, 0.25) is 0 Å². The summed E-state index contributed by atoms with van der Waals surface area (Å²) in [7, 11) is 0. The Morgan fingerprint density at radius 3 is 1.07 bits per heavy atom. The molecule has 10 saturated heterocycles. The van der Waals surface area contributed by atoms with Crippen molar-refractivity contribution in [2.45, 2.75) is 347 Å². The molecule has 58 heteroatoms. The summed E-state index contributed by atoms with van der Waals surface area (Å²) in [5.74, 6) is -9.28. The summed E-state index contributed by atoms with van der Waals surface area (Å²) < 4.78 is 112. The Morgan fingerprint density at radius 2 is 0.628 bits per heavy atom. The van der Waals surface area contributed by atoms with Crippen molar-refractivity contribution < 1.29 is 267 Å². The lowest BCUT2D eigenvalue weighted by atomic mass is 9.88. The van der Waals surface area contributed by atoms with Crippen molar-refractivity contribution >= 4 is 29.6 Å². The summed E-state index contributed by atoms with van der Waals surface area (Å²) in [5, 5.41) is 344. The highest BCUT2D eigenvalue weighted by Gasteiger charge is 2.64. The van der Waals surface area contributed by atoms with E-state index in [4.69, 9.17) is 90.0 Å². The van der Waals surface area contributed by atoms with Crippen molar-refractivity contribution in [2.24, 2.45) is 0 Å². The molecule has 0 aromatic rings. The maximum Gasteiger partial charge on any atom is 0.364 e. The average Bonchev–Trinajstić information content (AvgIpc) is 0.757. The summed E-state index contributed by atoms with van der Waals surface area (Å²) in [6.07, 6.45) is -103. The van der Waals surface area contributed by atoms with Gasteiger partial charge < -0.3 is 264 Å². The van der Waals surface area contributed by atoms with Gasteiger partial charge >= 0.3 is 5.97 Å². The predicted octanol–water partition coefficient (Wildman–Crippen LogP) is -23.0. The minimum absolute atomic E-state index is 0.816. The number of aliphatic hydroxyl groups excluding tert-OH is 29. The third kappa shape index (κ3) is 23.5. The van der Waals surface area contributed by atoms with Gasteiger partial charge in [-0.1, -0.05) is 0 Å². The van der Waals surface area contributed by atoms with Gasteiger partial charge in [-0.05, 0) is 0 Å². The number of amides is 4. The Hall–Kier alpha value is -4.57. The fourth-order valence-electron chi connectivity index (χ4n) is 16.5. The molecular formula is C71H118N4O54. The van der Waals surface area contributed by atoms with Crippen LogP contribution < -0.4 is 21.3 Å². The summed E-state index contributed by atoms with van der Waals surface area (Å²) in [4.78, 5) is 64.1. The number of carbonyl (C=O) groups excluding carboxylic acids is 4. The van der Waals surface area contributed by atoms with Crippen molar-refractivity contribution in [1.29, 1.82) is 0 Å². The van der Waals surface area contributed by atoms with Crippen LogP contribution >= 0.6 is 0 Å². The van der Waals surface area contributed by atoms with E-state index in [1.807, 2.05) is 0 Å². The number of ether oxygens (including phenoxy) is 19. The molecule has 10 fully saturated rings. The van der Waals surface area contributed by atoms with Gasteiger partial charge in [0.2, 0.25) is 23.6 Å². The van der Waals surface area contributed by atoms with E-state index in [0.29, 0.717) is 0 Å². The molecule has 10 aliphatic rings. The first-order valence-corrected chi connectivity index (χ1v) is 40.8. The van der Waals surface area contributed by atoms with Crippen LogP contribution in [-0.4, -0.2) is 561 Å². The second kappa shape index (κ2) is 46.1. The number of nitrogens with one attached hydrogen (secondary N) is 4. The smallest absolute Gasteiger partial charge is 0.364 e. The fourth-order valence-corrected chi connectivity index (χ4v) is 16.5. The third-order valence-corrected chi connectivity index (χ3v) is 23.4. The van der Waals surface area contributed by atoms with E-state index < -0.39 is 414 Å². The molecule has 0 aromatic carbocycles. The first kappa shape index (κ1) is 106. The van der Waals surface area contributed by atoms with Gasteiger partial charge in [0, 0.05) is 34.1 Å². The standard InChI is InChI=1S/C71H118N4O54/c1-16(84)72-31-20(88)5-71(70(109)110,128-56(31)35(90)21(89)6-76)129-59-39(94)25(10-80)116-68(52(59)107)124-55-28(13-83)119-63(34(44(55)99)75-19(4)87)127-60-47(102)38(93)24(9-79)117-69(60)126-58-41(96)30(121-67(51(58)106)123-54-27(12-82)118-62(33(43(54)98)74-18(3)86)122-53-26(11-81)113-61(108)32(42(53)97)73-17(2)85)15-112-65-50(105)57(125-66-49(104)46(101)37(92)23(8-78)115-66)40(95)29(120-65)14-111-64-48(103)45(100)36(91)22(7-77)114-64/h20-69,76-83,88-108H,5-15H2,1-4H3,(H,72,84)(H,73,85)(H,74,86)(H,75,87)(H,109,110)/t20-,21+,22+,23+,24+,25+,26+,27+,28+,29+,30+,31+,32+,33+,34+,35+,36+,37+,38+,39-,40+,41+,42+,43+,44+,45-,46-,47-,48-,49-,50-,51-,52+,53+,54+,55+,56+,57-,58-,59-,60-,61+,62-,63-,64-,65-,66+,67-,68-,69+,71-/m0/s1. The monoisotopic (exact) mass is 1890 g/mol. The van der Waals surface area contributed by atoms with Crippen molar-refractivity contribution in [3.05, 3.63) is 0 Å². The lowest BCUT2D eigenvalue weighted by Crippen LogP contribution is -2.71. The molecule has 4 amide bonds. The van der Waals surface area contributed by atoms with E-state index in [2.05, 4.69) is 21.3 Å². The molecular weight excluding hydrogens is 1770 g/mol. The Balaban J connectivity index is 0.975. The predicted molar refractivity (Wildman–Crippen MR) is 393 cm³/mol. The van der Waals surface area contributed by atoms with Gasteiger partial charge in [0.15, 0.2) is 56.6 Å². The van der Waals surface area contributed by atoms with Crippen LogP contribution in [-0.2, 0) is 114 Å². The fraction of sp³-hybridized carbons (Fsp3) is 0.930. The molecule has 0 saturated carbocycles. The first-order chi connectivity index (χ1) is 60.9. The zero-order valence-electron chi connectivity index (χ0n) is 68.9. The highest BCUT2D eigenvalue weighted by molar-refractivity contribution is 5.77. The van der Waals surface area contributed by atoms with Crippen LogP contribution in [0.1, 0.15) is 34.1 Å². The lowest BCUT2D eigenvalue weighted by molar-refractivity contribution is -0.400. The van der Waals surface area contributed by atoms with Crippen LogP contribution in [0.4, 0.5) is 0 Å². The van der Waals surface area contributed by atoms with Crippen LogP contribution in [0.15, 0.2) is 0 Å². The van der Waals surface area contributed by atoms with Gasteiger partial charge in [-0.15, -0.1) is 0 Å². The molecule has 10 aliphatic heterocycles. The molecule has 10 rings (SSSR count). The van der Waals surface area contributed by atoms with Gasteiger partial charge in [-0.2, -0.15) is 0 Å². The molecule has 34 N–H and O–H groups in total. The maximum atomic E-state index is 13.3. The lowest BCUT2D eigenvalue weighted by Gasteiger charge is -2.51. The Kier molecular flexibility index (Phi) is 38.0. The average molecular weight is 1890 g/mol. The third-order valence-electron chi connectivity index (χ3n) is 23.4. The number of rotatable bonds is 35. The number of carboxylic acids is 1. The molecule has 0 aliphatic carbocycles. The minimum atomic E-state index is -3.33. The zero-order valence-corrected chi connectivity index (χ0v) is 68.9. The second-order valence-corrected chi connectivity index (χ2v) is 32.4. The van der Waals surface area contributed by atoms with E-state index in [0.717, 1.165) is 27.7 Å². The van der Waals surface area contributed by atoms with Crippen molar-refractivity contribution in [3.8, 4) is 0 Å². The van der Waals surface area contributed by atoms with E-state index in [9.17, 15) is 177 Å². The van der Waals surface area contributed by atoms with Gasteiger partial charge in [-0.3, -0.25) is 19.2 Å². The van der Waals surface area contributed by atoms with Crippen molar-refractivity contribution in [1.82, 2.24) is 21.3 Å². The first-order valence-electron chi connectivity index (χ1n) is 40.8. The zero-order chi connectivity index (χ0) is 95.3. The van der Waals surface area contributed by atoms with Crippen LogP contribution in [0.3, 0.4) is 0 Å². The molecule has 51 atom stereocenters. The summed E-state index contributed by atoms with van der Waals surface area (Å²) in [6.45, 7) is -8.00. The van der Waals surface area contributed by atoms with Gasteiger partial charge in [0.1, 0.15) is 238 Å². The van der Waals surface area contributed by atoms with E-state index in [1.54, 1.807) is 0 Å². The number of carbonyl (C=O) groups is 5. The number of aliphatic hydroxyl groups is 29. The van der Waals surface area contributed by atoms with E-state index in [-0.39, 0.29) is 0 Å². The molecule has 0 unspecified atom stereocenters. The Labute approximate surface area is 728 Å². The van der Waals surface area contributed by atoms with Crippen molar-refractivity contribution in [3.63, 3.8) is 0 Å². The van der Waals surface area contributed by atoms with E-state index in [1.165, 1.54) is 0 Å². The van der Waals surface area contributed by atoms with Crippen LogP contribution in [0.25, 0.3) is 0 Å². The van der Waals surface area contributed by atoms with Gasteiger partial charge in [0.25, 0.3) is 5.79 Å². The summed E-state index contributed by atoms with van der Waals surface area (Å²) in [6, 6.07) is -7.60. The second-order valence-electron chi connectivity index (χ2n) is 32.4. The van der Waals surface area contributed by atoms with Gasteiger partial charge in [-0.25, -0.2) is 4.79 Å². The van der Waals surface area contributed by atoms with Crippen LogP contribution in [0.5, 0.6) is 0 Å². The highest BCUT2D eigenvalue weighted by Crippen LogP contribution is 2.43. The quantitative estimate of drug-likeness (QED) is 0.0280. The Morgan fingerprint density at radius 1 is 0.318 bits per heavy atom. The normalized spacial score (nSPS) is 48.1. The summed E-state index contributed by atoms with van der Waals surface area (Å²) in [5.41, 5.74) is 0. The minimum Gasteiger partial charge on any atom is -0.477 e. The molecule has 746 valence electrons.